The summed E-state index contributed by atoms with van der Waals surface area (Å²) in [6, 6.07) is 15.4. The van der Waals surface area contributed by atoms with Gasteiger partial charge in [-0.1, -0.05) is 35.5 Å². The lowest BCUT2D eigenvalue weighted by atomic mass is 10.2. The van der Waals surface area contributed by atoms with Crippen LogP contribution in [0.2, 0.25) is 0 Å². The first kappa shape index (κ1) is 16.6. The SMILES string of the molecule is O=C(CCOc1ccccc1)NCc1nc(-c2ccccc2F)no1. The minimum Gasteiger partial charge on any atom is -0.493 e. The van der Waals surface area contributed by atoms with Crippen LogP contribution in [-0.4, -0.2) is 22.7 Å². The van der Waals surface area contributed by atoms with E-state index in [1.54, 1.807) is 18.2 Å². The van der Waals surface area contributed by atoms with Gasteiger partial charge in [0.15, 0.2) is 0 Å². The first-order valence-corrected chi connectivity index (χ1v) is 7.74. The zero-order valence-corrected chi connectivity index (χ0v) is 13.3. The van der Waals surface area contributed by atoms with Crippen molar-refractivity contribution < 1.29 is 18.4 Å². The number of benzene rings is 2. The molecule has 1 N–H and O–H groups in total. The number of halogens is 1. The second kappa shape index (κ2) is 8.05. The summed E-state index contributed by atoms with van der Waals surface area (Å²) in [5.41, 5.74) is 0.250. The highest BCUT2D eigenvalue weighted by atomic mass is 19.1. The molecule has 0 spiro atoms. The average Bonchev–Trinajstić information content (AvgIpc) is 3.10. The number of nitrogens with zero attached hydrogens (tertiary/aromatic N) is 2. The van der Waals surface area contributed by atoms with E-state index >= 15 is 0 Å². The third-order valence-electron chi connectivity index (χ3n) is 3.36. The first-order valence-electron chi connectivity index (χ1n) is 7.74. The Bertz CT molecular complexity index is 836. The van der Waals surface area contributed by atoms with Crippen LogP contribution in [0.4, 0.5) is 4.39 Å². The molecule has 0 aliphatic rings. The standard InChI is InChI=1S/C18H16FN3O3/c19-15-9-5-4-8-14(15)18-21-17(25-22-18)12-20-16(23)10-11-24-13-6-2-1-3-7-13/h1-9H,10-12H2,(H,20,23). The van der Waals surface area contributed by atoms with Crippen LogP contribution in [0.25, 0.3) is 11.4 Å². The lowest BCUT2D eigenvalue weighted by Crippen LogP contribution is -2.24. The zero-order chi connectivity index (χ0) is 17.5. The van der Waals surface area contributed by atoms with Gasteiger partial charge in [-0.25, -0.2) is 4.39 Å². The van der Waals surface area contributed by atoms with Crippen molar-refractivity contribution in [2.24, 2.45) is 0 Å². The molecule has 2 aromatic carbocycles. The maximum atomic E-state index is 13.7. The van der Waals surface area contributed by atoms with E-state index in [9.17, 15) is 9.18 Å². The molecule has 0 aliphatic heterocycles. The Morgan fingerprint density at radius 2 is 1.88 bits per heavy atom. The Kier molecular flexibility index (Phi) is 5.36. The largest absolute Gasteiger partial charge is 0.493 e. The van der Waals surface area contributed by atoms with Crippen LogP contribution in [0.15, 0.2) is 59.1 Å². The summed E-state index contributed by atoms with van der Waals surface area (Å²) in [6.45, 7) is 0.339. The summed E-state index contributed by atoms with van der Waals surface area (Å²) >= 11 is 0. The fourth-order valence-corrected chi connectivity index (χ4v) is 2.12. The Morgan fingerprint density at radius 1 is 1.12 bits per heavy atom. The minimum absolute atomic E-state index is 0.0750. The number of para-hydroxylation sites is 1. The molecule has 0 saturated heterocycles. The quantitative estimate of drug-likeness (QED) is 0.715. The molecule has 25 heavy (non-hydrogen) atoms. The number of carbonyl (C=O) groups is 1. The molecular weight excluding hydrogens is 325 g/mol. The molecule has 7 heteroatoms. The molecule has 0 bridgehead atoms. The van der Waals surface area contributed by atoms with E-state index in [0.29, 0.717) is 5.75 Å². The fraction of sp³-hybridized carbons (Fsp3) is 0.167. The van der Waals surface area contributed by atoms with Gasteiger partial charge < -0.3 is 14.6 Å². The highest BCUT2D eigenvalue weighted by molar-refractivity contribution is 5.75. The van der Waals surface area contributed by atoms with Gasteiger partial charge in [-0.3, -0.25) is 4.79 Å². The van der Waals surface area contributed by atoms with Crippen molar-refractivity contribution in [2.45, 2.75) is 13.0 Å². The topological polar surface area (TPSA) is 77.2 Å². The molecule has 3 aromatic rings. The Labute approximate surface area is 143 Å². The molecule has 128 valence electrons. The second-order valence-electron chi connectivity index (χ2n) is 5.18. The van der Waals surface area contributed by atoms with Crippen LogP contribution in [0.3, 0.4) is 0 Å². The van der Waals surface area contributed by atoms with E-state index in [2.05, 4.69) is 15.5 Å². The van der Waals surface area contributed by atoms with Gasteiger partial charge in [0.25, 0.3) is 0 Å². The number of aromatic nitrogens is 2. The molecule has 1 aromatic heterocycles. The van der Waals surface area contributed by atoms with E-state index in [1.807, 2.05) is 30.3 Å². The summed E-state index contributed by atoms with van der Waals surface area (Å²) in [6.07, 6.45) is 0.198. The van der Waals surface area contributed by atoms with Gasteiger partial charge in [-0.05, 0) is 24.3 Å². The number of hydrogen-bond acceptors (Lipinski definition) is 5. The molecular formula is C18H16FN3O3. The first-order chi connectivity index (χ1) is 12.2. The van der Waals surface area contributed by atoms with Gasteiger partial charge in [0.05, 0.1) is 25.1 Å². The highest BCUT2D eigenvalue weighted by Crippen LogP contribution is 2.19. The van der Waals surface area contributed by atoms with Crippen LogP contribution in [-0.2, 0) is 11.3 Å². The Morgan fingerprint density at radius 3 is 2.68 bits per heavy atom. The Hall–Kier alpha value is -3.22. The summed E-state index contributed by atoms with van der Waals surface area (Å²) < 4.78 is 24.1. The lowest BCUT2D eigenvalue weighted by molar-refractivity contribution is -0.121. The van der Waals surface area contributed by atoms with Crippen LogP contribution >= 0.6 is 0 Å². The summed E-state index contributed by atoms with van der Waals surface area (Å²) in [4.78, 5) is 15.9. The van der Waals surface area contributed by atoms with Gasteiger partial charge in [0.2, 0.25) is 17.6 Å². The number of nitrogens with one attached hydrogen (secondary N) is 1. The fourth-order valence-electron chi connectivity index (χ4n) is 2.12. The Balaban J connectivity index is 1.46. The molecule has 0 aliphatic carbocycles. The van der Waals surface area contributed by atoms with E-state index in [1.165, 1.54) is 6.07 Å². The van der Waals surface area contributed by atoms with Crippen molar-refractivity contribution in [2.75, 3.05) is 6.61 Å². The van der Waals surface area contributed by atoms with Crippen molar-refractivity contribution in [1.82, 2.24) is 15.5 Å². The maximum Gasteiger partial charge on any atom is 0.246 e. The van der Waals surface area contributed by atoms with E-state index in [4.69, 9.17) is 9.26 Å². The van der Waals surface area contributed by atoms with Gasteiger partial charge in [0.1, 0.15) is 11.6 Å². The molecule has 1 heterocycles. The van der Waals surface area contributed by atoms with E-state index in [0.717, 1.165) is 0 Å². The van der Waals surface area contributed by atoms with E-state index in [-0.39, 0.29) is 42.8 Å². The van der Waals surface area contributed by atoms with Crippen molar-refractivity contribution in [3.63, 3.8) is 0 Å². The van der Waals surface area contributed by atoms with Gasteiger partial charge in [0, 0.05) is 0 Å². The average molecular weight is 341 g/mol. The number of carbonyl (C=O) groups excluding carboxylic acids is 1. The minimum atomic E-state index is -0.433. The smallest absolute Gasteiger partial charge is 0.246 e. The van der Waals surface area contributed by atoms with Gasteiger partial charge in [-0.2, -0.15) is 4.98 Å². The molecule has 0 fully saturated rings. The van der Waals surface area contributed by atoms with Crippen LogP contribution < -0.4 is 10.1 Å². The molecule has 0 atom stereocenters. The molecule has 1 amide bonds. The van der Waals surface area contributed by atoms with Crippen LogP contribution in [0, 0.1) is 5.82 Å². The number of amides is 1. The van der Waals surface area contributed by atoms with Crippen molar-refractivity contribution in [3.8, 4) is 17.1 Å². The number of hydrogen-bond donors (Lipinski definition) is 1. The molecule has 0 unspecified atom stereocenters. The predicted octanol–water partition coefficient (Wildman–Crippen LogP) is 2.96. The molecule has 6 nitrogen and oxygen atoms in total. The van der Waals surface area contributed by atoms with Gasteiger partial charge in [-0.15, -0.1) is 0 Å². The van der Waals surface area contributed by atoms with Crippen molar-refractivity contribution in [1.29, 1.82) is 0 Å². The monoisotopic (exact) mass is 341 g/mol. The highest BCUT2D eigenvalue weighted by Gasteiger charge is 2.13. The van der Waals surface area contributed by atoms with E-state index < -0.39 is 5.82 Å². The van der Waals surface area contributed by atoms with Crippen LogP contribution in [0.5, 0.6) is 5.75 Å². The second-order valence-corrected chi connectivity index (χ2v) is 5.18. The maximum absolute atomic E-state index is 13.7. The number of rotatable bonds is 7. The lowest BCUT2D eigenvalue weighted by Gasteiger charge is -2.05. The molecule has 3 rings (SSSR count). The van der Waals surface area contributed by atoms with Crippen LogP contribution in [0.1, 0.15) is 12.3 Å². The van der Waals surface area contributed by atoms with Gasteiger partial charge >= 0.3 is 0 Å². The molecule has 0 radical (unpaired) electrons. The zero-order valence-electron chi connectivity index (χ0n) is 13.3. The number of ether oxygens (including phenoxy) is 1. The third kappa shape index (κ3) is 4.63. The van der Waals surface area contributed by atoms with Crippen molar-refractivity contribution >= 4 is 5.91 Å². The summed E-state index contributed by atoms with van der Waals surface area (Å²) in [5.74, 6) is 0.422. The molecule has 0 saturated carbocycles. The third-order valence-corrected chi connectivity index (χ3v) is 3.36. The predicted molar refractivity (Wildman–Crippen MR) is 88.1 cm³/mol. The van der Waals surface area contributed by atoms with Crippen molar-refractivity contribution in [3.05, 3.63) is 66.3 Å². The normalized spacial score (nSPS) is 10.4. The summed E-state index contributed by atoms with van der Waals surface area (Å²) in [7, 11) is 0. The summed E-state index contributed by atoms with van der Waals surface area (Å²) in [5, 5.41) is 6.38.